The zero-order valence-electron chi connectivity index (χ0n) is 13.4. The topological polar surface area (TPSA) is 49.4 Å². The molecule has 1 heterocycles. The highest BCUT2D eigenvalue weighted by atomic mass is 16.2. The fraction of sp³-hybridized carbons (Fsp3) is 0.778. The van der Waals surface area contributed by atoms with Gasteiger partial charge >= 0.3 is 0 Å². The molecule has 1 unspecified atom stereocenters. The number of rotatable bonds is 4. The zero-order chi connectivity index (χ0) is 15.4. The second-order valence-corrected chi connectivity index (χ2v) is 7.12. The summed E-state index contributed by atoms with van der Waals surface area (Å²) in [7, 11) is 0. The summed E-state index contributed by atoms with van der Waals surface area (Å²) in [4.78, 5) is 26.4. The van der Waals surface area contributed by atoms with Crippen LogP contribution in [0.2, 0.25) is 0 Å². The van der Waals surface area contributed by atoms with Gasteiger partial charge < -0.3 is 10.2 Å². The summed E-state index contributed by atoms with van der Waals surface area (Å²) in [5.41, 5.74) is 0. The van der Waals surface area contributed by atoms with Gasteiger partial charge in [0.15, 0.2) is 0 Å². The molecule has 2 aliphatic carbocycles. The summed E-state index contributed by atoms with van der Waals surface area (Å²) < 4.78 is 0. The molecule has 1 N–H and O–H groups in total. The first-order valence-corrected chi connectivity index (χ1v) is 8.95. The lowest BCUT2D eigenvalue weighted by atomic mass is 9.84. The molecule has 2 fully saturated rings. The molecular weight excluding hydrogens is 276 g/mol. The van der Waals surface area contributed by atoms with Crippen molar-refractivity contribution in [3.8, 4) is 0 Å². The standard InChI is InChI=1S/C18H28N2O2/c21-17(15-7-4-8-15)19-13-14-9-11-20(12-10-14)18(22)16-5-2-1-3-6-16/h1-2,14-16H,3-13H2,(H,19,21). The third-order valence-electron chi connectivity index (χ3n) is 5.59. The van der Waals surface area contributed by atoms with Crippen molar-refractivity contribution in [2.24, 2.45) is 17.8 Å². The lowest BCUT2D eigenvalue weighted by Gasteiger charge is -2.35. The maximum absolute atomic E-state index is 12.5. The van der Waals surface area contributed by atoms with Crippen LogP contribution in [0.25, 0.3) is 0 Å². The van der Waals surface area contributed by atoms with Gasteiger partial charge in [0, 0.05) is 31.5 Å². The molecule has 4 nitrogen and oxygen atoms in total. The van der Waals surface area contributed by atoms with Gasteiger partial charge in [-0.3, -0.25) is 9.59 Å². The average Bonchev–Trinajstić information content (AvgIpc) is 2.52. The minimum absolute atomic E-state index is 0.208. The minimum atomic E-state index is 0.208. The first-order valence-electron chi connectivity index (χ1n) is 8.95. The van der Waals surface area contributed by atoms with Crippen LogP contribution in [-0.2, 0) is 9.59 Å². The summed E-state index contributed by atoms with van der Waals surface area (Å²) in [5.74, 6) is 1.63. The van der Waals surface area contributed by atoms with Crippen LogP contribution >= 0.6 is 0 Å². The van der Waals surface area contributed by atoms with Crippen molar-refractivity contribution in [2.45, 2.75) is 51.4 Å². The van der Waals surface area contributed by atoms with Gasteiger partial charge in [-0.25, -0.2) is 0 Å². The van der Waals surface area contributed by atoms with E-state index in [1.165, 1.54) is 6.42 Å². The van der Waals surface area contributed by atoms with Crippen molar-refractivity contribution >= 4 is 11.8 Å². The molecule has 0 radical (unpaired) electrons. The number of allylic oxidation sites excluding steroid dienone is 2. The third kappa shape index (κ3) is 3.71. The number of carbonyl (C=O) groups is 2. The number of piperidine rings is 1. The van der Waals surface area contributed by atoms with E-state index in [0.717, 1.165) is 64.6 Å². The normalized spacial score (nSPS) is 26.5. The molecule has 1 aliphatic heterocycles. The molecule has 0 aromatic rings. The smallest absolute Gasteiger partial charge is 0.226 e. The van der Waals surface area contributed by atoms with E-state index < -0.39 is 0 Å². The Morgan fingerprint density at radius 1 is 1.00 bits per heavy atom. The molecule has 1 saturated heterocycles. The zero-order valence-corrected chi connectivity index (χ0v) is 13.4. The van der Waals surface area contributed by atoms with Crippen molar-refractivity contribution < 1.29 is 9.59 Å². The Bertz CT molecular complexity index is 434. The molecule has 122 valence electrons. The number of amides is 2. The molecule has 4 heteroatoms. The van der Waals surface area contributed by atoms with Crippen LogP contribution in [-0.4, -0.2) is 36.3 Å². The number of hydrogen-bond acceptors (Lipinski definition) is 2. The monoisotopic (exact) mass is 304 g/mol. The van der Waals surface area contributed by atoms with Gasteiger partial charge in [-0.1, -0.05) is 18.6 Å². The number of hydrogen-bond donors (Lipinski definition) is 1. The van der Waals surface area contributed by atoms with E-state index in [1.807, 2.05) is 4.90 Å². The van der Waals surface area contributed by atoms with Crippen molar-refractivity contribution in [1.29, 1.82) is 0 Å². The van der Waals surface area contributed by atoms with E-state index in [4.69, 9.17) is 0 Å². The van der Waals surface area contributed by atoms with Crippen LogP contribution in [0.15, 0.2) is 12.2 Å². The third-order valence-corrected chi connectivity index (χ3v) is 5.59. The Balaban J connectivity index is 1.37. The van der Waals surface area contributed by atoms with Crippen LogP contribution in [0, 0.1) is 17.8 Å². The summed E-state index contributed by atoms with van der Waals surface area (Å²) in [6, 6.07) is 0. The number of nitrogens with one attached hydrogen (secondary N) is 1. The Morgan fingerprint density at radius 3 is 2.36 bits per heavy atom. The highest BCUT2D eigenvalue weighted by Gasteiger charge is 2.29. The molecule has 1 saturated carbocycles. The first-order chi connectivity index (χ1) is 10.7. The Labute approximate surface area is 133 Å². The van der Waals surface area contributed by atoms with Gasteiger partial charge in [-0.2, -0.15) is 0 Å². The van der Waals surface area contributed by atoms with Crippen molar-refractivity contribution in [1.82, 2.24) is 10.2 Å². The summed E-state index contributed by atoms with van der Waals surface area (Å²) in [6.45, 7) is 2.52. The molecule has 0 aromatic heterocycles. The SMILES string of the molecule is O=C(NCC1CCN(C(=O)C2CC=CCC2)CC1)C1CCC1. The van der Waals surface area contributed by atoms with E-state index in [0.29, 0.717) is 11.8 Å². The van der Waals surface area contributed by atoms with E-state index in [2.05, 4.69) is 17.5 Å². The Morgan fingerprint density at radius 2 is 1.77 bits per heavy atom. The molecule has 3 aliphatic rings. The lowest BCUT2D eigenvalue weighted by molar-refractivity contribution is -0.137. The van der Waals surface area contributed by atoms with Crippen LogP contribution in [0.3, 0.4) is 0 Å². The fourth-order valence-corrected chi connectivity index (χ4v) is 3.69. The van der Waals surface area contributed by atoms with Crippen molar-refractivity contribution in [3.05, 3.63) is 12.2 Å². The molecule has 3 rings (SSSR count). The quantitative estimate of drug-likeness (QED) is 0.811. The van der Waals surface area contributed by atoms with Gasteiger partial charge in [-0.05, 0) is 50.9 Å². The average molecular weight is 304 g/mol. The van der Waals surface area contributed by atoms with Gasteiger partial charge in [0.2, 0.25) is 11.8 Å². The summed E-state index contributed by atoms with van der Waals surface area (Å²) in [5, 5.41) is 3.11. The number of nitrogens with zero attached hydrogens (tertiary/aromatic N) is 1. The predicted molar refractivity (Wildman–Crippen MR) is 86.1 cm³/mol. The van der Waals surface area contributed by atoms with Crippen molar-refractivity contribution in [3.63, 3.8) is 0 Å². The Kier molecular flexibility index (Phi) is 5.16. The summed E-state index contributed by atoms with van der Waals surface area (Å²) >= 11 is 0. The molecule has 0 aromatic carbocycles. The second-order valence-electron chi connectivity index (χ2n) is 7.12. The minimum Gasteiger partial charge on any atom is -0.356 e. The summed E-state index contributed by atoms with van der Waals surface area (Å²) in [6.07, 6.45) is 12.7. The largest absolute Gasteiger partial charge is 0.356 e. The fourth-order valence-electron chi connectivity index (χ4n) is 3.69. The van der Waals surface area contributed by atoms with Gasteiger partial charge in [0.05, 0.1) is 0 Å². The van der Waals surface area contributed by atoms with Crippen molar-refractivity contribution in [2.75, 3.05) is 19.6 Å². The van der Waals surface area contributed by atoms with Gasteiger partial charge in [0.1, 0.15) is 0 Å². The molecular formula is C18H28N2O2. The van der Waals surface area contributed by atoms with E-state index >= 15 is 0 Å². The van der Waals surface area contributed by atoms with Crippen LogP contribution in [0.5, 0.6) is 0 Å². The Hall–Kier alpha value is -1.32. The van der Waals surface area contributed by atoms with Crippen LogP contribution < -0.4 is 5.32 Å². The predicted octanol–water partition coefficient (Wildman–Crippen LogP) is 2.50. The van der Waals surface area contributed by atoms with E-state index in [1.54, 1.807) is 0 Å². The maximum atomic E-state index is 12.5. The second kappa shape index (κ2) is 7.30. The highest BCUT2D eigenvalue weighted by Crippen LogP contribution is 2.27. The van der Waals surface area contributed by atoms with Crippen LogP contribution in [0.1, 0.15) is 51.4 Å². The number of likely N-dealkylation sites (tertiary alicyclic amines) is 1. The first kappa shape index (κ1) is 15.6. The van der Waals surface area contributed by atoms with Gasteiger partial charge in [-0.15, -0.1) is 0 Å². The number of carbonyl (C=O) groups excluding carboxylic acids is 2. The lowest BCUT2D eigenvalue weighted by Crippen LogP contribution is -2.45. The molecule has 2 amide bonds. The van der Waals surface area contributed by atoms with E-state index in [9.17, 15) is 9.59 Å². The molecule has 22 heavy (non-hydrogen) atoms. The van der Waals surface area contributed by atoms with Crippen LogP contribution in [0.4, 0.5) is 0 Å². The highest BCUT2D eigenvalue weighted by molar-refractivity contribution is 5.80. The van der Waals surface area contributed by atoms with Gasteiger partial charge in [0.25, 0.3) is 0 Å². The molecule has 1 atom stereocenters. The molecule has 0 spiro atoms. The maximum Gasteiger partial charge on any atom is 0.226 e. The van der Waals surface area contributed by atoms with E-state index in [-0.39, 0.29) is 17.7 Å². The molecule has 0 bridgehead atoms.